The van der Waals surface area contributed by atoms with Crippen molar-refractivity contribution in [1.82, 2.24) is 0 Å². The number of hydrogen-bond donors (Lipinski definition) is 1. The fourth-order valence-electron chi connectivity index (χ4n) is 0.872. The lowest BCUT2D eigenvalue weighted by atomic mass is 10.1. The molecule has 0 rings (SSSR count). The molecule has 12 heavy (non-hydrogen) atoms. The zero-order valence-electron chi connectivity index (χ0n) is 7.92. The van der Waals surface area contributed by atoms with Gasteiger partial charge in [-0.2, -0.15) is 0 Å². The molecule has 0 spiro atoms. The predicted octanol–water partition coefficient (Wildman–Crippen LogP) is 2.84. The highest BCUT2D eigenvalue weighted by Gasteiger charge is 2.08. The van der Waals surface area contributed by atoms with Crippen LogP contribution in [0.25, 0.3) is 0 Å². The van der Waals surface area contributed by atoms with E-state index in [9.17, 15) is 4.79 Å². The molecule has 1 unspecified atom stereocenters. The normalized spacial score (nSPS) is 13.5. The second-order valence-corrected chi connectivity index (χ2v) is 3.08. The third-order valence-corrected chi connectivity index (χ3v) is 1.81. The first-order chi connectivity index (χ1) is 5.68. The molecule has 0 amide bonds. The Hall–Kier alpha value is -0.790. The quantitative estimate of drug-likeness (QED) is 0.622. The Morgan fingerprint density at radius 1 is 1.42 bits per heavy atom. The van der Waals surface area contributed by atoms with Crippen molar-refractivity contribution in [2.45, 2.75) is 39.5 Å². The molecule has 2 heteroatoms. The topological polar surface area (TPSA) is 37.3 Å². The molecule has 0 aromatic heterocycles. The largest absolute Gasteiger partial charge is 0.481 e. The van der Waals surface area contributed by atoms with E-state index in [2.05, 4.69) is 19.1 Å². The zero-order chi connectivity index (χ0) is 9.40. The molecule has 0 aliphatic rings. The fourth-order valence-corrected chi connectivity index (χ4v) is 0.872. The second-order valence-electron chi connectivity index (χ2n) is 3.08. The van der Waals surface area contributed by atoms with Crippen molar-refractivity contribution >= 4 is 5.97 Å². The summed E-state index contributed by atoms with van der Waals surface area (Å²) in [6, 6.07) is 0. The Morgan fingerprint density at radius 2 is 2.00 bits per heavy atom. The van der Waals surface area contributed by atoms with E-state index < -0.39 is 5.97 Å². The molecule has 1 N–H and O–H groups in total. The van der Waals surface area contributed by atoms with E-state index in [0.717, 1.165) is 25.7 Å². The van der Waals surface area contributed by atoms with Gasteiger partial charge in [-0.1, -0.05) is 32.4 Å². The maximum Gasteiger partial charge on any atom is 0.306 e. The van der Waals surface area contributed by atoms with Crippen LogP contribution in [-0.2, 0) is 4.79 Å². The molecule has 70 valence electrons. The van der Waals surface area contributed by atoms with Crippen LogP contribution in [0.4, 0.5) is 0 Å². The van der Waals surface area contributed by atoms with Crippen LogP contribution < -0.4 is 0 Å². The van der Waals surface area contributed by atoms with Crippen molar-refractivity contribution in [2.75, 3.05) is 0 Å². The number of allylic oxidation sites excluding steroid dienone is 2. The third kappa shape index (κ3) is 5.96. The Bertz CT molecular complexity index is 150. The average Bonchev–Trinajstić information content (AvgIpc) is 2.03. The van der Waals surface area contributed by atoms with E-state index in [0.29, 0.717) is 0 Å². The van der Waals surface area contributed by atoms with Crippen molar-refractivity contribution in [3.05, 3.63) is 12.2 Å². The Morgan fingerprint density at radius 3 is 2.50 bits per heavy atom. The van der Waals surface area contributed by atoms with Gasteiger partial charge in [0.15, 0.2) is 0 Å². The van der Waals surface area contributed by atoms with Crippen LogP contribution >= 0.6 is 0 Å². The standard InChI is InChI=1S/C10H18O2/c1-3-4-5-6-7-8-9(2)10(11)12/h5-6,9H,3-4,7-8H2,1-2H3,(H,11,12)/b6-5-. The fraction of sp³-hybridized carbons (Fsp3) is 0.700. The Labute approximate surface area is 74.3 Å². The first-order valence-corrected chi connectivity index (χ1v) is 4.56. The number of rotatable bonds is 6. The van der Waals surface area contributed by atoms with E-state index in [1.807, 2.05) is 0 Å². The molecule has 0 fully saturated rings. The maximum absolute atomic E-state index is 10.4. The molecular formula is C10H18O2. The van der Waals surface area contributed by atoms with E-state index in [1.54, 1.807) is 6.92 Å². The first-order valence-electron chi connectivity index (χ1n) is 4.56. The monoisotopic (exact) mass is 170 g/mol. The number of carbonyl (C=O) groups is 1. The molecular weight excluding hydrogens is 152 g/mol. The first kappa shape index (κ1) is 11.2. The van der Waals surface area contributed by atoms with Crippen LogP contribution in [0.3, 0.4) is 0 Å². The highest BCUT2D eigenvalue weighted by atomic mass is 16.4. The molecule has 0 aromatic rings. The average molecular weight is 170 g/mol. The summed E-state index contributed by atoms with van der Waals surface area (Å²) < 4.78 is 0. The number of carboxylic acids is 1. The van der Waals surface area contributed by atoms with Gasteiger partial charge in [0.2, 0.25) is 0 Å². The van der Waals surface area contributed by atoms with Crippen LogP contribution in [0.1, 0.15) is 39.5 Å². The van der Waals surface area contributed by atoms with Crippen LogP contribution in [-0.4, -0.2) is 11.1 Å². The third-order valence-electron chi connectivity index (χ3n) is 1.81. The lowest BCUT2D eigenvalue weighted by Crippen LogP contribution is -2.08. The van der Waals surface area contributed by atoms with Crippen molar-refractivity contribution in [2.24, 2.45) is 5.92 Å². The van der Waals surface area contributed by atoms with Gasteiger partial charge in [-0.15, -0.1) is 0 Å². The minimum atomic E-state index is -0.695. The molecule has 0 saturated carbocycles. The van der Waals surface area contributed by atoms with E-state index in [-0.39, 0.29) is 5.92 Å². The van der Waals surface area contributed by atoms with E-state index >= 15 is 0 Å². The summed E-state index contributed by atoms with van der Waals surface area (Å²) >= 11 is 0. The highest BCUT2D eigenvalue weighted by Crippen LogP contribution is 2.06. The zero-order valence-corrected chi connectivity index (χ0v) is 7.92. The van der Waals surface area contributed by atoms with Gasteiger partial charge in [-0.3, -0.25) is 4.79 Å². The predicted molar refractivity (Wildman–Crippen MR) is 50.1 cm³/mol. The van der Waals surface area contributed by atoms with Crippen molar-refractivity contribution in [1.29, 1.82) is 0 Å². The molecule has 1 atom stereocenters. The number of hydrogen-bond acceptors (Lipinski definition) is 1. The molecule has 0 aliphatic carbocycles. The smallest absolute Gasteiger partial charge is 0.306 e. The van der Waals surface area contributed by atoms with Crippen LogP contribution in [0.5, 0.6) is 0 Å². The van der Waals surface area contributed by atoms with Gasteiger partial charge in [0.25, 0.3) is 0 Å². The van der Waals surface area contributed by atoms with Crippen LogP contribution in [0, 0.1) is 5.92 Å². The minimum absolute atomic E-state index is 0.212. The van der Waals surface area contributed by atoms with Crippen LogP contribution in [0.15, 0.2) is 12.2 Å². The van der Waals surface area contributed by atoms with Gasteiger partial charge in [0.05, 0.1) is 5.92 Å². The lowest BCUT2D eigenvalue weighted by Gasteiger charge is -2.01. The van der Waals surface area contributed by atoms with Crippen molar-refractivity contribution in [3.63, 3.8) is 0 Å². The molecule has 0 bridgehead atoms. The van der Waals surface area contributed by atoms with Crippen LogP contribution in [0.2, 0.25) is 0 Å². The summed E-state index contributed by atoms with van der Waals surface area (Å²) in [6.45, 7) is 3.88. The molecule has 2 nitrogen and oxygen atoms in total. The molecule has 0 aliphatic heterocycles. The van der Waals surface area contributed by atoms with E-state index in [1.165, 1.54) is 0 Å². The number of unbranched alkanes of at least 4 members (excludes halogenated alkanes) is 1. The Kier molecular flexibility index (Phi) is 6.44. The Balaban J connectivity index is 3.36. The summed E-state index contributed by atoms with van der Waals surface area (Å²) in [7, 11) is 0. The minimum Gasteiger partial charge on any atom is -0.481 e. The summed E-state index contributed by atoms with van der Waals surface area (Å²) in [5, 5.41) is 8.56. The van der Waals surface area contributed by atoms with Gasteiger partial charge in [0, 0.05) is 0 Å². The summed E-state index contributed by atoms with van der Waals surface area (Å²) in [5.74, 6) is -0.907. The molecule has 0 heterocycles. The summed E-state index contributed by atoms with van der Waals surface area (Å²) in [6.07, 6.45) is 8.08. The summed E-state index contributed by atoms with van der Waals surface area (Å²) in [5.41, 5.74) is 0. The molecule has 0 radical (unpaired) electrons. The molecule has 0 aromatic carbocycles. The molecule has 0 saturated heterocycles. The van der Waals surface area contributed by atoms with Gasteiger partial charge >= 0.3 is 5.97 Å². The number of aliphatic carboxylic acids is 1. The summed E-state index contributed by atoms with van der Waals surface area (Å²) in [4.78, 5) is 10.4. The van der Waals surface area contributed by atoms with E-state index in [4.69, 9.17) is 5.11 Å². The maximum atomic E-state index is 10.4. The second kappa shape index (κ2) is 6.89. The SMILES string of the molecule is CCC/C=C\CCC(C)C(=O)O. The van der Waals surface area contributed by atoms with Crippen molar-refractivity contribution < 1.29 is 9.90 Å². The lowest BCUT2D eigenvalue weighted by molar-refractivity contribution is -0.141. The van der Waals surface area contributed by atoms with Gasteiger partial charge in [-0.25, -0.2) is 0 Å². The van der Waals surface area contributed by atoms with Gasteiger partial charge in [-0.05, 0) is 19.3 Å². The van der Waals surface area contributed by atoms with Crippen molar-refractivity contribution in [3.8, 4) is 0 Å². The highest BCUT2D eigenvalue weighted by molar-refractivity contribution is 5.69. The van der Waals surface area contributed by atoms with Gasteiger partial charge < -0.3 is 5.11 Å². The number of carboxylic acid groups (broad SMARTS) is 1. The van der Waals surface area contributed by atoms with Gasteiger partial charge in [0.1, 0.15) is 0 Å².